The van der Waals surface area contributed by atoms with Gasteiger partial charge in [-0.2, -0.15) is 0 Å². The normalized spacial score (nSPS) is 44.2. The first-order valence-corrected chi connectivity index (χ1v) is 8.20. The minimum atomic E-state index is 0.608. The zero-order valence-electron chi connectivity index (χ0n) is 11.5. The zero-order chi connectivity index (χ0) is 12.1. The van der Waals surface area contributed by atoms with E-state index in [0.29, 0.717) is 10.8 Å². The molecular formula is C18H26. The molecule has 4 aliphatic rings. The van der Waals surface area contributed by atoms with Crippen molar-refractivity contribution in [2.75, 3.05) is 0 Å². The van der Waals surface area contributed by atoms with Crippen LogP contribution in [0.3, 0.4) is 0 Å². The summed E-state index contributed by atoms with van der Waals surface area (Å²) in [5, 5.41) is 0. The Kier molecular flexibility index (Phi) is 2.51. The van der Waals surface area contributed by atoms with Crippen molar-refractivity contribution in [1.82, 2.24) is 0 Å². The standard InChI is InChI=1S/C18H26/c1-3-11-17(12-4-1,15-7-8-15)18(16-9-10-16)13-5-2-6-14-18/h1,3,5,13,15-16H,2,4,6-12,14H2. The van der Waals surface area contributed by atoms with E-state index in [-0.39, 0.29) is 0 Å². The van der Waals surface area contributed by atoms with E-state index in [1.165, 1.54) is 64.2 Å². The molecule has 0 aromatic carbocycles. The Morgan fingerprint density at radius 2 is 1.61 bits per heavy atom. The van der Waals surface area contributed by atoms with Gasteiger partial charge in [-0.05, 0) is 86.9 Å². The van der Waals surface area contributed by atoms with E-state index < -0.39 is 0 Å². The van der Waals surface area contributed by atoms with Gasteiger partial charge in [0.25, 0.3) is 0 Å². The van der Waals surface area contributed by atoms with E-state index >= 15 is 0 Å². The van der Waals surface area contributed by atoms with Crippen molar-refractivity contribution in [2.45, 2.75) is 64.2 Å². The van der Waals surface area contributed by atoms with Crippen LogP contribution >= 0.6 is 0 Å². The van der Waals surface area contributed by atoms with Gasteiger partial charge in [0.2, 0.25) is 0 Å². The van der Waals surface area contributed by atoms with Crippen LogP contribution in [0.25, 0.3) is 0 Å². The minimum Gasteiger partial charge on any atom is -0.0885 e. The quantitative estimate of drug-likeness (QED) is 0.592. The summed E-state index contributed by atoms with van der Waals surface area (Å²) in [6, 6.07) is 0. The number of hydrogen-bond donors (Lipinski definition) is 0. The van der Waals surface area contributed by atoms with Gasteiger partial charge in [-0.1, -0.05) is 24.3 Å². The van der Waals surface area contributed by atoms with Crippen LogP contribution in [0.5, 0.6) is 0 Å². The van der Waals surface area contributed by atoms with Gasteiger partial charge in [0.1, 0.15) is 0 Å². The van der Waals surface area contributed by atoms with Crippen LogP contribution in [0.15, 0.2) is 24.3 Å². The first-order valence-electron chi connectivity index (χ1n) is 8.20. The molecule has 18 heavy (non-hydrogen) atoms. The molecule has 0 heterocycles. The number of rotatable bonds is 3. The second-order valence-corrected chi connectivity index (χ2v) is 7.25. The van der Waals surface area contributed by atoms with Gasteiger partial charge >= 0.3 is 0 Å². The van der Waals surface area contributed by atoms with Crippen LogP contribution in [0.4, 0.5) is 0 Å². The highest BCUT2D eigenvalue weighted by Gasteiger charge is 2.61. The molecule has 2 saturated carbocycles. The Balaban J connectivity index is 1.77. The minimum absolute atomic E-state index is 0.608. The van der Waals surface area contributed by atoms with Crippen LogP contribution in [-0.2, 0) is 0 Å². The molecule has 2 atom stereocenters. The molecule has 0 aliphatic heterocycles. The largest absolute Gasteiger partial charge is 0.0885 e. The molecule has 0 nitrogen and oxygen atoms in total. The lowest BCUT2D eigenvalue weighted by atomic mass is 9.51. The summed E-state index contributed by atoms with van der Waals surface area (Å²) in [5.41, 5.74) is 1.27. The van der Waals surface area contributed by atoms with Crippen molar-refractivity contribution >= 4 is 0 Å². The Morgan fingerprint density at radius 3 is 2.17 bits per heavy atom. The Bertz CT molecular complexity index is 383. The lowest BCUT2D eigenvalue weighted by Crippen LogP contribution is -2.45. The summed E-state index contributed by atoms with van der Waals surface area (Å²) < 4.78 is 0. The average molecular weight is 242 g/mol. The van der Waals surface area contributed by atoms with Crippen LogP contribution in [0, 0.1) is 22.7 Å². The van der Waals surface area contributed by atoms with Gasteiger partial charge < -0.3 is 0 Å². The number of allylic oxidation sites excluding steroid dienone is 4. The van der Waals surface area contributed by atoms with Crippen molar-refractivity contribution < 1.29 is 0 Å². The summed E-state index contributed by atoms with van der Waals surface area (Å²) in [6.07, 6.45) is 24.8. The highest BCUT2D eigenvalue weighted by Crippen LogP contribution is 2.70. The van der Waals surface area contributed by atoms with Gasteiger partial charge in [-0.15, -0.1) is 0 Å². The third-order valence-corrected chi connectivity index (χ3v) is 6.37. The molecule has 0 radical (unpaired) electrons. The predicted octanol–water partition coefficient (Wildman–Crippen LogP) is 5.26. The number of hydrogen-bond acceptors (Lipinski definition) is 0. The van der Waals surface area contributed by atoms with E-state index in [0.717, 1.165) is 11.8 Å². The smallest absolute Gasteiger partial charge is 0.00278 e. The Labute approximate surface area is 112 Å². The van der Waals surface area contributed by atoms with Crippen molar-refractivity contribution in [3.63, 3.8) is 0 Å². The molecule has 2 unspecified atom stereocenters. The summed E-state index contributed by atoms with van der Waals surface area (Å²) in [5.74, 6) is 2.10. The topological polar surface area (TPSA) is 0 Å². The molecule has 0 bridgehead atoms. The van der Waals surface area contributed by atoms with Gasteiger partial charge in [-0.3, -0.25) is 0 Å². The second kappa shape index (κ2) is 3.99. The lowest BCUT2D eigenvalue weighted by molar-refractivity contribution is 0.00829. The van der Waals surface area contributed by atoms with E-state index in [1.807, 2.05) is 0 Å². The third-order valence-electron chi connectivity index (χ3n) is 6.37. The monoisotopic (exact) mass is 242 g/mol. The molecule has 2 fully saturated rings. The van der Waals surface area contributed by atoms with Crippen molar-refractivity contribution in [1.29, 1.82) is 0 Å². The fraction of sp³-hybridized carbons (Fsp3) is 0.778. The molecule has 4 aliphatic carbocycles. The second-order valence-electron chi connectivity index (χ2n) is 7.25. The van der Waals surface area contributed by atoms with E-state index in [1.54, 1.807) is 0 Å². The molecule has 0 aromatic rings. The summed E-state index contributed by atoms with van der Waals surface area (Å²) >= 11 is 0. The zero-order valence-corrected chi connectivity index (χ0v) is 11.5. The van der Waals surface area contributed by atoms with E-state index in [9.17, 15) is 0 Å². The highest BCUT2D eigenvalue weighted by molar-refractivity contribution is 5.23. The molecule has 0 saturated heterocycles. The van der Waals surface area contributed by atoms with Gasteiger partial charge in [0, 0.05) is 0 Å². The molecular weight excluding hydrogens is 216 g/mol. The van der Waals surface area contributed by atoms with Crippen molar-refractivity contribution in [2.24, 2.45) is 22.7 Å². The fourth-order valence-electron chi connectivity index (χ4n) is 5.31. The summed E-state index contributed by atoms with van der Waals surface area (Å²) in [7, 11) is 0. The summed E-state index contributed by atoms with van der Waals surface area (Å²) in [6.45, 7) is 0. The van der Waals surface area contributed by atoms with Crippen LogP contribution in [0.2, 0.25) is 0 Å². The molecule has 0 N–H and O–H groups in total. The molecule has 0 amide bonds. The third kappa shape index (κ3) is 1.50. The van der Waals surface area contributed by atoms with Gasteiger partial charge in [-0.25, -0.2) is 0 Å². The van der Waals surface area contributed by atoms with Crippen molar-refractivity contribution in [3.8, 4) is 0 Å². The predicted molar refractivity (Wildman–Crippen MR) is 76.3 cm³/mol. The Morgan fingerprint density at radius 1 is 0.778 bits per heavy atom. The molecule has 98 valence electrons. The van der Waals surface area contributed by atoms with E-state index in [4.69, 9.17) is 0 Å². The molecule has 0 heteroatoms. The van der Waals surface area contributed by atoms with Crippen molar-refractivity contribution in [3.05, 3.63) is 24.3 Å². The SMILES string of the molecule is C1=CC(C2CC2)(C2(C3CC3)CC=CCC2)CCC1. The first kappa shape index (κ1) is 11.3. The fourth-order valence-corrected chi connectivity index (χ4v) is 5.31. The first-order chi connectivity index (χ1) is 8.87. The summed E-state index contributed by atoms with van der Waals surface area (Å²) in [4.78, 5) is 0. The Hall–Kier alpha value is -0.520. The molecule has 4 rings (SSSR count). The average Bonchev–Trinajstić information content (AvgIpc) is 3.33. The van der Waals surface area contributed by atoms with Gasteiger partial charge in [0.15, 0.2) is 0 Å². The van der Waals surface area contributed by atoms with Crippen LogP contribution in [-0.4, -0.2) is 0 Å². The van der Waals surface area contributed by atoms with Crippen LogP contribution < -0.4 is 0 Å². The maximum atomic E-state index is 2.71. The molecule has 0 aromatic heterocycles. The highest BCUT2D eigenvalue weighted by atomic mass is 14.7. The lowest BCUT2D eigenvalue weighted by Gasteiger charge is -2.53. The van der Waals surface area contributed by atoms with Crippen LogP contribution in [0.1, 0.15) is 64.2 Å². The maximum absolute atomic E-state index is 2.71. The van der Waals surface area contributed by atoms with Gasteiger partial charge in [0.05, 0.1) is 0 Å². The van der Waals surface area contributed by atoms with E-state index in [2.05, 4.69) is 24.3 Å². The molecule has 0 spiro atoms. The maximum Gasteiger partial charge on any atom is -0.00278 e.